The molecule has 148 valence electrons. The van der Waals surface area contributed by atoms with Crippen LogP contribution >= 0.6 is 15.9 Å². The number of amides is 2. The summed E-state index contributed by atoms with van der Waals surface area (Å²) >= 11 is 3.21. The molecule has 1 fully saturated rings. The van der Waals surface area contributed by atoms with Gasteiger partial charge in [0.1, 0.15) is 0 Å². The summed E-state index contributed by atoms with van der Waals surface area (Å²) in [5.41, 5.74) is 3.16. The summed E-state index contributed by atoms with van der Waals surface area (Å²) in [4.78, 5) is 39.2. The number of halogens is 1. The molecule has 0 bridgehead atoms. The molecular formula is C21H24BrN3O3. The van der Waals surface area contributed by atoms with Gasteiger partial charge in [-0.05, 0) is 60.8 Å². The molecule has 0 spiro atoms. The van der Waals surface area contributed by atoms with E-state index in [1.165, 1.54) is 4.57 Å². The van der Waals surface area contributed by atoms with E-state index in [2.05, 4.69) is 21.2 Å². The van der Waals surface area contributed by atoms with Gasteiger partial charge >= 0.3 is 0 Å². The fourth-order valence-electron chi connectivity index (χ4n) is 3.64. The van der Waals surface area contributed by atoms with E-state index in [9.17, 15) is 14.4 Å². The van der Waals surface area contributed by atoms with E-state index in [4.69, 9.17) is 0 Å². The van der Waals surface area contributed by atoms with Crippen LogP contribution in [-0.2, 0) is 11.8 Å². The summed E-state index contributed by atoms with van der Waals surface area (Å²) in [6, 6.07) is 7.41. The molecule has 2 amide bonds. The average Bonchev–Trinajstić information content (AvgIpc) is 2.64. The third-order valence-corrected chi connectivity index (χ3v) is 5.52. The van der Waals surface area contributed by atoms with Gasteiger partial charge in [-0.1, -0.05) is 17.2 Å². The van der Waals surface area contributed by atoms with Crippen molar-refractivity contribution in [2.75, 3.05) is 18.4 Å². The summed E-state index contributed by atoms with van der Waals surface area (Å²) in [6.07, 6.45) is 3.10. The van der Waals surface area contributed by atoms with E-state index in [1.54, 1.807) is 24.2 Å². The highest BCUT2D eigenvalue weighted by Gasteiger charge is 2.29. The topological polar surface area (TPSA) is 71.4 Å². The Bertz CT molecular complexity index is 937. The van der Waals surface area contributed by atoms with Crippen molar-refractivity contribution in [3.63, 3.8) is 0 Å². The first-order chi connectivity index (χ1) is 13.2. The Balaban J connectivity index is 1.71. The summed E-state index contributed by atoms with van der Waals surface area (Å²) in [5.74, 6) is -0.447. The Kier molecular flexibility index (Phi) is 6.03. The molecular weight excluding hydrogens is 422 g/mol. The van der Waals surface area contributed by atoms with E-state index in [0.29, 0.717) is 28.8 Å². The number of carbonyl (C=O) groups is 2. The maximum absolute atomic E-state index is 12.9. The van der Waals surface area contributed by atoms with Gasteiger partial charge in [-0.15, -0.1) is 0 Å². The summed E-state index contributed by atoms with van der Waals surface area (Å²) in [6.45, 7) is 4.99. The lowest BCUT2D eigenvalue weighted by Gasteiger charge is -2.32. The Morgan fingerprint density at radius 1 is 1.14 bits per heavy atom. The number of hydrogen-bond acceptors (Lipinski definition) is 3. The van der Waals surface area contributed by atoms with Gasteiger partial charge in [0.25, 0.3) is 11.5 Å². The second-order valence-corrected chi connectivity index (χ2v) is 8.30. The minimum absolute atomic E-state index is 0.0332. The highest BCUT2D eigenvalue weighted by molar-refractivity contribution is 9.10. The summed E-state index contributed by atoms with van der Waals surface area (Å²) in [7, 11) is 1.63. The first kappa shape index (κ1) is 20.3. The monoisotopic (exact) mass is 445 g/mol. The number of benzene rings is 1. The van der Waals surface area contributed by atoms with E-state index in [0.717, 1.165) is 24.0 Å². The van der Waals surface area contributed by atoms with Crippen molar-refractivity contribution in [3.05, 3.63) is 62.0 Å². The van der Waals surface area contributed by atoms with Gasteiger partial charge in [0.2, 0.25) is 5.91 Å². The molecule has 1 aromatic heterocycles. The Labute approximate surface area is 172 Å². The van der Waals surface area contributed by atoms with Crippen LogP contribution in [0.25, 0.3) is 0 Å². The number of nitrogens with zero attached hydrogens (tertiary/aromatic N) is 2. The maximum atomic E-state index is 12.9. The quantitative estimate of drug-likeness (QED) is 0.787. The van der Waals surface area contributed by atoms with Crippen LogP contribution in [0.15, 0.2) is 39.7 Å². The molecule has 2 aromatic rings. The number of piperidine rings is 1. The van der Waals surface area contributed by atoms with Crippen molar-refractivity contribution in [3.8, 4) is 0 Å². The van der Waals surface area contributed by atoms with Crippen molar-refractivity contribution < 1.29 is 9.59 Å². The first-order valence-electron chi connectivity index (χ1n) is 9.29. The molecule has 1 atom stereocenters. The van der Waals surface area contributed by atoms with Crippen molar-refractivity contribution in [2.24, 2.45) is 13.0 Å². The zero-order valence-electron chi connectivity index (χ0n) is 16.3. The number of anilines is 1. The molecule has 1 aromatic carbocycles. The van der Waals surface area contributed by atoms with Crippen LogP contribution in [0.3, 0.4) is 0 Å². The SMILES string of the molecule is Cc1cc(C)cc(C(=O)N2CCCC(C(=O)Nc3cc(Br)c(=O)n(C)c3)C2)c1. The van der Waals surface area contributed by atoms with Gasteiger partial charge < -0.3 is 14.8 Å². The Morgan fingerprint density at radius 3 is 2.46 bits per heavy atom. The zero-order valence-corrected chi connectivity index (χ0v) is 17.9. The molecule has 0 aliphatic carbocycles. The van der Waals surface area contributed by atoms with Gasteiger partial charge in [-0.3, -0.25) is 14.4 Å². The number of pyridine rings is 1. The van der Waals surface area contributed by atoms with Gasteiger partial charge in [0.05, 0.1) is 16.1 Å². The molecule has 2 heterocycles. The number of carbonyl (C=O) groups excluding carboxylic acids is 2. The van der Waals surface area contributed by atoms with Gasteiger partial charge in [0.15, 0.2) is 0 Å². The van der Waals surface area contributed by atoms with Gasteiger partial charge in [-0.2, -0.15) is 0 Å². The van der Waals surface area contributed by atoms with Crippen LogP contribution in [-0.4, -0.2) is 34.4 Å². The molecule has 1 saturated heterocycles. The van der Waals surface area contributed by atoms with Gasteiger partial charge in [0, 0.05) is 31.9 Å². The van der Waals surface area contributed by atoms with E-state index in [-0.39, 0.29) is 23.3 Å². The zero-order chi connectivity index (χ0) is 20.4. The van der Waals surface area contributed by atoms with Crippen molar-refractivity contribution in [1.82, 2.24) is 9.47 Å². The first-order valence-corrected chi connectivity index (χ1v) is 10.1. The molecule has 3 rings (SSSR count). The van der Waals surface area contributed by atoms with E-state index in [1.807, 2.05) is 32.0 Å². The maximum Gasteiger partial charge on any atom is 0.264 e. The third-order valence-electron chi connectivity index (χ3n) is 4.96. The fraction of sp³-hybridized carbons (Fsp3) is 0.381. The van der Waals surface area contributed by atoms with Gasteiger partial charge in [-0.25, -0.2) is 0 Å². The molecule has 0 radical (unpaired) electrons. The second kappa shape index (κ2) is 8.31. The lowest BCUT2D eigenvalue weighted by atomic mass is 9.96. The predicted octanol–water partition coefficient (Wildman–Crippen LogP) is 3.26. The number of aryl methyl sites for hydroxylation is 3. The largest absolute Gasteiger partial charge is 0.338 e. The molecule has 6 nitrogen and oxygen atoms in total. The fourth-order valence-corrected chi connectivity index (χ4v) is 4.17. The van der Waals surface area contributed by atoms with Crippen LogP contribution in [0.4, 0.5) is 5.69 Å². The second-order valence-electron chi connectivity index (χ2n) is 7.45. The van der Waals surface area contributed by atoms with Crippen LogP contribution in [0.1, 0.15) is 34.3 Å². The lowest BCUT2D eigenvalue weighted by molar-refractivity contribution is -0.121. The number of aromatic nitrogens is 1. The molecule has 1 N–H and O–H groups in total. The van der Waals surface area contributed by atoms with Crippen molar-refractivity contribution in [1.29, 1.82) is 0 Å². The number of likely N-dealkylation sites (tertiary alicyclic amines) is 1. The smallest absolute Gasteiger partial charge is 0.264 e. The normalized spacial score (nSPS) is 16.7. The predicted molar refractivity (Wildman–Crippen MR) is 113 cm³/mol. The lowest BCUT2D eigenvalue weighted by Crippen LogP contribution is -2.43. The number of rotatable bonds is 3. The Hall–Kier alpha value is -2.41. The van der Waals surface area contributed by atoms with Crippen LogP contribution in [0, 0.1) is 19.8 Å². The summed E-state index contributed by atoms with van der Waals surface area (Å²) < 4.78 is 1.80. The van der Waals surface area contributed by atoms with Crippen LogP contribution in [0.5, 0.6) is 0 Å². The molecule has 1 aliphatic heterocycles. The standard InChI is InChI=1S/C21H24BrN3O3/c1-13-7-14(2)9-16(8-13)20(27)25-6-4-5-15(11-25)19(26)23-17-10-18(22)21(28)24(3)12-17/h7-10,12,15H,4-6,11H2,1-3H3,(H,23,26). The highest BCUT2D eigenvalue weighted by atomic mass is 79.9. The van der Waals surface area contributed by atoms with Crippen molar-refractivity contribution in [2.45, 2.75) is 26.7 Å². The molecule has 1 unspecified atom stereocenters. The van der Waals surface area contributed by atoms with Crippen molar-refractivity contribution >= 4 is 33.4 Å². The van der Waals surface area contributed by atoms with Crippen LogP contribution in [0.2, 0.25) is 0 Å². The molecule has 7 heteroatoms. The molecule has 0 saturated carbocycles. The highest BCUT2D eigenvalue weighted by Crippen LogP contribution is 2.22. The third kappa shape index (κ3) is 4.52. The minimum Gasteiger partial charge on any atom is -0.338 e. The Morgan fingerprint density at radius 2 is 1.82 bits per heavy atom. The number of nitrogens with one attached hydrogen (secondary N) is 1. The summed E-state index contributed by atoms with van der Waals surface area (Å²) in [5, 5.41) is 2.87. The molecule has 1 aliphatic rings. The molecule has 28 heavy (non-hydrogen) atoms. The van der Waals surface area contributed by atoms with E-state index < -0.39 is 0 Å². The average molecular weight is 446 g/mol. The number of hydrogen-bond donors (Lipinski definition) is 1. The minimum atomic E-state index is -0.278. The van der Waals surface area contributed by atoms with Crippen LogP contribution < -0.4 is 10.9 Å². The van der Waals surface area contributed by atoms with E-state index >= 15 is 0 Å².